The van der Waals surface area contributed by atoms with Crippen molar-refractivity contribution in [3.8, 4) is 0 Å². The summed E-state index contributed by atoms with van der Waals surface area (Å²) in [5.74, 6) is -1.18. The monoisotopic (exact) mass is 294 g/mol. The highest BCUT2D eigenvalue weighted by Crippen LogP contribution is 2.41. The van der Waals surface area contributed by atoms with Crippen LogP contribution >= 0.6 is 0 Å². The van der Waals surface area contributed by atoms with Crippen LogP contribution in [0.5, 0.6) is 0 Å². The van der Waals surface area contributed by atoms with Crippen molar-refractivity contribution < 1.29 is 17.6 Å². The molecule has 106 valence electrons. The molecule has 0 aliphatic rings. The molecule has 0 amide bonds. The van der Waals surface area contributed by atoms with Gasteiger partial charge in [0, 0.05) is 10.8 Å². The Hall–Kier alpha value is -2.88. The molecule has 2 heterocycles. The van der Waals surface area contributed by atoms with E-state index in [4.69, 9.17) is 8.83 Å². The van der Waals surface area contributed by atoms with Gasteiger partial charge in [-0.05, 0) is 12.1 Å². The first kappa shape index (κ1) is 11.7. The quantitative estimate of drug-likeness (QED) is 0.363. The highest BCUT2D eigenvalue weighted by atomic mass is 19.1. The Balaban J connectivity index is 2.15. The zero-order chi connectivity index (χ0) is 14.8. The second-order valence-electron chi connectivity index (χ2n) is 5.23. The number of benzene rings is 3. The standard InChI is InChI=1S/C18H8F2O2/c19-15-13-9-5-1-3-7-11(9)21-17(13)16(20)14-10-6-2-4-8-12(10)22-18(14)15/h1-8H. The second kappa shape index (κ2) is 3.85. The molecule has 0 spiro atoms. The third-order valence-electron chi connectivity index (χ3n) is 4.03. The fourth-order valence-corrected chi connectivity index (χ4v) is 3.06. The minimum absolute atomic E-state index is 0.0715. The van der Waals surface area contributed by atoms with Crippen LogP contribution in [-0.2, 0) is 0 Å². The zero-order valence-corrected chi connectivity index (χ0v) is 11.2. The SMILES string of the molecule is Fc1c2oc3ccccc3c2c(F)c2oc3ccccc3c12. The summed E-state index contributed by atoms with van der Waals surface area (Å²) >= 11 is 0. The summed E-state index contributed by atoms with van der Waals surface area (Å²) in [6, 6.07) is 13.8. The summed E-state index contributed by atoms with van der Waals surface area (Å²) in [6.07, 6.45) is 0. The lowest BCUT2D eigenvalue weighted by molar-refractivity contribution is 0.570. The van der Waals surface area contributed by atoms with Gasteiger partial charge in [0.2, 0.25) is 0 Å². The largest absolute Gasteiger partial charge is 0.453 e. The van der Waals surface area contributed by atoms with Gasteiger partial charge in [-0.25, -0.2) is 8.78 Å². The van der Waals surface area contributed by atoms with E-state index in [0.717, 1.165) is 0 Å². The van der Waals surface area contributed by atoms with E-state index in [0.29, 0.717) is 21.9 Å². The Morgan fingerprint density at radius 3 is 1.45 bits per heavy atom. The molecule has 4 heteroatoms. The summed E-state index contributed by atoms with van der Waals surface area (Å²) < 4.78 is 40.9. The number of halogens is 2. The smallest absolute Gasteiger partial charge is 0.178 e. The van der Waals surface area contributed by atoms with Crippen LogP contribution in [0.2, 0.25) is 0 Å². The van der Waals surface area contributed by atoms with Crippen LogP contribution in [-0.4, -0.2) is 0 Å². The van der Waals surface area contributed by atoms with Crippen molar-refractivity contribution in [1.29, 1.82) is 0 Å². The first-order valence-corrected chi connectivity index (χ1v) is 6.85. The molecular weight excluding hydrogens is 286 g/mol. The van der Waals surface area contributed by atoms with Gasteiger partial charge in [-0.2, -0.15) is 0 Å². The van der Waals surface area contributed by atoms with Gasteiger partial charge in [0.15, 0.2) is 22.8 Å². The molecule has 0 unspecified atom stereocenters. The summed E-state index contributed by atoms with van der Waals surface area (Å²) in [6.45, 7) is 0. The third-order valence-corrected chi connectivity index (χ3v) is 4.03. The van der Waals surface area contributed by atoms with Crippen molar-refractivity contribution in [3.05, 3.63) is 60.2 Å². The molecular formula is C18H8F2O2. The Kier molecular flexibility index (Phi) is 2.06. The Morgan fingerprint density at radius 1 is 0.591 bits per heavy atom. The number of hydrogen-bond acceptors (Lipinski definition) is 2. The highest BCUT2D eigenvalue weighted by Gasteiger charge is 2.24. The van der Waals surface area contributed by atoms with Crippen molar-refractivity contribution in [1.82, 2.24) is 0 Å². The van der Waals surface area contributed by atoms with Crippen LogP contribution in [0.1, 0.15) is 0 Å². The molecule has 22 heavy (non-hydrogen) atoms. The molecule has 0 atom stereocenters. The van der Waals surface area contributed by atoms with Gasteiger partial charge in [0.05, 0.1) is 10.8 Å². The maximum atomic E-state index is 14.9. The van der Waals surface area contributed by atoms with E-state index >= 15 is 0 Å². The van der Waals surface area contributed by atoms with Crippen LogP contribution in [0.3, 0.4) is 0 Å². The Morgan fingerprint density at radius 2 is 1.00 bits per heavy atom. The molecule has 2 aromatic heterocycles. The number of fused-ring (bicyclic) bond motifs is 6. The maximum absolute atomic E-state index is 14.9. The van der Waals surface area contributed by atoms with Gasteiger partial charge in [0.25, 0.3) is 0 Å². The summed E-state index contributed by atoms with van der Waals surface area (Å²) in [4.78, 5) is 0. The topological polar surface area (TPSA) is 26.3 Å². The predicted molar refractivity (Wildman–Crippen MR) is 80.9 cm³/mol. The van der Waals surface area contributed by atoms with Crippen LogP contribution in [0, 0.1) is 11.6 Å². The lowest BCUT2D eigenvalue weighted by Crippen LogP contribution is -1.84. The van der Waals surface area contributed by atoms with E-state index in [9.17, 15) is 8.78 Å². The van der Waals surface area contributed by atoms with E-state index in [2.05, 4.69) is 0 Å². The molecule has 0 saturated heterocycles. The lowest BCUT2D eigenvalue weighted by Gasteiger charge is -1.97. The molecule has 0 bridgehead atoms. The molecule has 0 N–H and O–H groups in total. The predicted octanol–water partition coefficient (Wildman–Crippen LogP) is 5.76. The number of rotatable bonds is 0. The first-order valence-electron chi connectivity index (χ1n) is 6.85. The van der Waals surface area contributed by atoms with Crippen molar-refractivity contribution in [2.75, 3.05) is 0 Å². The van der Waals surface area contributed by atoms with E-state index in [1.54, 1.807) is 48.5 Å². The van der Waals surface area contributed by atoms with Gasteiger partial charge in [-0.15, -0.1) is 0 Å². The fourth-order valence-electron chi connectivity index (χ4n) is 3.06. The summed E-state index contributed by atoms with van der Waals surface area (Å²) in [7, 11) is 0. The Bertz CT molecular complexity index is 1100. The van der Waals surface area contributed by atoms with Crippen molar-refractivity contribution in [2.45, 2.75) is 0 Å². The number of hydrogen-bond donors (Lipinski definition) is 0. The van der Waals surface area contributed by atoms with Crippen molar-refractivity contribution in [3.63, 3.8) is 0 Å². The van der Waals surface area contributed by atoms with Gasteiger partial charge in [-0.3, -0.25) is 0 Å². The number of furan rings is 2. The van der Waals surface area contributed by atoms with Crippen molar-refractivity contribution >= 4 is 43.9 Å². The minimum Gasteiger partial charge on any atom is -0.453 e. The molecule has 2 nitrogen and oxygen atoms in total. The molecule has 5 aromatic rings. The molecule has 0 saturated carbocycles. The van der Waals surface area contributed by atoms with E-state index < -0.39 is 11.6 Å². The average Bonchev–Trinajstić information content (AvgIpc) is 3.12. The second-order valence-corrected chi connectivity index (χ2v) is 5.23. The van der Waals surface area contributed by atoms with E-state index in [1.165, 1.54) is 0 Å². The minimum atomic E-state index is -0.590. The normalized spacial score (nSPS) is 12.1. The lowest BCUT2D eigenvalue weighted by atomic mass is 10.1. The van der Waals surface area contributed by atoms with Crippen LogP contribution in [0.4, 0.5) is 8.78 Å². The number of para-hydroxylation sites is 2. The van der Waals surface area contributed by atoms with Crippen LogP contribution in [0.15, 0.2) is 57.4 Å². The highest BCUT2D eigenvalue weighted by molar-refractivity contribution is 6.15. The molecule has 0 radical (unpaired) electrons. The van der Waals surface area contributed by atoms with Gasteiger partial charge in [-0.1, -0.05) is 36.4 Å². The molecule has 3 aromatic carbocycles. The van der Waals surface area contributed by atoms with Crippen LogP contribution < -0.4 is 0 Å². The molecule has 0 aliphatic heterocycles. The molecule has 0 aliphatic carbocycles. The first-order chi connectivity index (χ1) is 10.8. The van der Waals surface area contributed by atoms with E-state index in [1.807, 2.05) is 0 Å². The average molecular weight is 294 g/mol. The summed E-state index contributed by atoms with van der Waals surface area (Å²) in [5.41, 5.74) is 0.759. The summed E-state index contributed by atoms with van der Waals surface area (Å²) in [5, 5.41) is 1.33. The van der Waals surface area contributed by atoms with Gasteiger partial charge < -0.3 is 8.83 Å². The van der Waals surface area contributed by atoms with E-state index in [-0.39, 0.29) is 21.9 Å². The fraction of sp³-hybridized carbons (Fsp3) is 0. The third kappa shape index (κ3) is 1.27. The van der Waals surface area contributed by atoms with Crippen LogP contribution in [0.25, 0.3) is 43.9 Å². The molecule has 5 rings (SSSR count). The van der Waals surface area contributed by atoms with Crippen molar-refractivity contribution in [2.24, 2.45) is 0 Å². The zero-order valence-electron chi connectivity index (χ0n) is 11.2. The Labute approximate surface area is 122 Å². The maximum Gasteiger partial charge on any atom is 0.178 e. The van der Waals surface area contributed by atoms with Gasteiger partial charge in [0.1, 0.15) is 11.2 Å². The molecule has 0 fully saturated rings. The van der Waals surface area contributed by atoms with Gasteiger partial charge >= 0.3 is 0 Å².